The minimum atomic E-state index is -0.889. The zero-order chi connectivity index (χ0) is 15.7. The Balaban J connectivity index is 1.69. The van der Waals surface area contributed by atoms with Crippen LogP contribution in [-0.4, -0.2) is 47.5 Å². The number of nitrogens with two attached hydrogens (primary N) is 1. The molecule has 0 unspecified atom stereocenters. The molecular formula is C13H14ClN5O2S. The molecule has 0 saturated carbocycles. The second-order valence-electron chi connectivity index (χ2n) is 4.85. The summed E-state index contributed by atoms with van der Waals surface area (Å²) in [5.74, 6) is -0.526. The Kier molecular flexibility index (Phi) is 4.04. The molecule has 1 aliphatic heterocycles. The highest BCUT2D eigenvalue weighted by Gasteiger charge is 2.21. The van der Waals surface area contributed by atoms with E-state index in [4.69, 9.17) is 22.4 Å². The molecule has 22 heavy (non-hydrogen) atoms. The Hall–Kier alpha value is -2.06. The number of nitrogens with zero attached hydrogens (tertiary/aromatic N) is 4. The van der Waals surface area contributed by atoms with Gasteiger partial charge in [0.05, 0.1) is 10.7 Å². The van der Waals surface area contributed by atoms with E-state index in [1.165, 1.54) is 11.3 Å². The highest BCUT2D eigenvalue weighted by Crippen LogP contribution is 2.29. The van der Waals surface area contributed by atoms with Crippen molar-refractivity contribution in [1.82, 2.24) is 10.2 Å². The summed E-state index contributed by atoms with van der Waals surface area (Å²) in [6, 6.07) is 5.20. The second-order valence-corrected chi connectivity index (χ2v) is 6.30. The third kappa shape index (κ3) is 2.93. The van der Waals surface area contributed by atoms with Crippen LogP contribution in [0.25, 0.3) is 0 Å². The maximum atomic E-state index is 10.9. The van der Waals surface area contributed by atoms with Crippen LogP contribution >= 0.6 is 22.9 Å². The first-order valence-corrected chi connectivity index (χ1v) is 7.86. The molecule has 116 valence electrons. The summed E-state index contributed by atoms with van der Waals surface area (Å²) < 4.78 is 0. The molecule has 1 fully saturated rings. The lowest BCUT2D eigenvalue weighted by molar-refractivity contribution is 0.0702. The topological polar surface area (TPSA) is 95.6 Å². The Morgan fingerprint density at radius 2 is 1.91 bits per heavy atom. The summed E-state index contributed by atoms with van der Waals surface area (Å²) in [5, 5.41) is 17.8. The Morgan fingerprint density at radius 3 is 2.55 bits per heavy atom. The molecule has 0 bridgehead atoms. The summed E-state index contributed by atoms with van der Waals surface area (Å²) in [6.07, 6.45) is 0. The van der Waals surface area contributed by atoms with Gasteiger partial charge < -0.3 is 20.6 Å². The van der Waals surface area contributed by atoms with Gasteiger partial charge in [-0.1, -0.05) is 11.6 Å². The number of aromatic carboxylic acids is 1. The van der Waals surface area contributed by atoms with E-state index < -0.39 is 5.97 Å². The molecule has 0 aromatic carbocycles. The summed E-state index contributed by atoms with van der Waals surface area (Å²) in [4.78, 5) is 15.6. The number of rotatable bonds is 3. The number of hydrogen-bond donors (Lipinski definition) is 2. The fourth-order valence-electron chi connectivity index (χ4n) is 2.40. The van der Waals surface area contributed by atoms with E-state index in [1.54, 1.807) is 12.1 Å². The Bertz CT molecular complexity index is 699. The van der Waals surface area contributed by atoms with Crippen molar-refractivity contribution in [3.63, 3.8) is 0 Å². The number of carbonyl (C=O) groups is 1. The van der Waals surface area contributed by atoms with Crippen molar-refractivity contribution < 1.29 is 9.90 Å². The average Bonchev–Trinajstić information content (AvgIpc) is 3.00. The van der Waals surface area contributed by atoms with Crippen LogP contribution in [0, 0.1) is 0 Å². The largest absolute Gasteiger partial charge is 0.477 e. The van der Waals surface area contributed by atoms with Crippen molar-refractivity contribution in [2.45, 2.75) is 0 Å². The van der Waals surface area contributed by atoms with Crippen molar-refractivity contribution in [1.29, 1.82) is 0 Å². The van der Waals surface area contributed by atoms with Gasteiger partial charge in [0.15, 0.2) is 11.0 Å². The summed E-state index contributed by atoms with van der Waals surface area (Å²) in [7, 11) is 0. The van der Waals surface area contributed by atoms with E-state index in [0.717, 1.165) is 36.9 Å². The SMILES string of the molecule is Nc1nnc(Cl)cc1N1CCN(c2ccc(C(=O)O)s2)CC1. The highest BCUT2D eigenvalue weighted by atomic mass is 35.5. The van der Waals surface area contributed by atoms with Crippen LogP contribution in [0.2, 0.25) is 5.15 Å². The van der Waals surface area contributed by atoms with Crippen LogP contribution in [-0.2, 0) is 0 Å². The molecule has 3 N–H and O–H groups in total. The molecule has 0 spiro atoms. The van der Waals surface area contributed by atoms with Crippen LogP contribution < -0.4 is 15.5 Å². The predicted octanol–water partition coefficient (Wildman–Crippen LogP) is 1.80. The van der Waals surface area contributed by atoms with Crippen LogP contribution in [0.15, 0.2) is 18.2 Å². The van der Waals surface area contributed by atoms with Gasteiger partial charge in [-0.2, -0.15) is 0 Å². The molecule has 0 atom stereocenters. The van der Waals surface area contributed by atoms with E-state index in [9.17, 15) is 4.79 Å². The molecule has 0 aliphatic carbocycles. The van der Waals surface area contributed by atoms with E-state index in [2.05, 4.69) is 20.0 Å². The first-order chi connectivity index (χ1) is 10.5. The van der Waals surface area contributed by atoms with Gasteiger partial charge >= 0.3 is 5.97 Å². The minimum Gasteiger partial charge on any atom is -0.477 e. The van der Waals surface area contributed by atoms with Gasteiger partial charge in [-0.25, -0.2) is 4.79 Å². The fraction of sp³-hybridized carbons (Fsp3) is 0.308. The monoisotopic (exact) mass is 339 g/mol. The molecule has 3 heterocycles. The summed E-state index contributed by atoms with van der Waals surface area (Å²) in [5.41, 5.74) is 6.64. The number of carboxylic acids is 1. The number of aromatic nitrogens is 2. The molecule has 2 aromatic heterocycles. The van der Waals surface area contributed by atoms with Gasteiger partial charge in [0.2, 0.25) is 0 Å². The molecule has 0 amide bonds. The maximum Gasteiger partial charge on any atom is 0.345 e. The molecule has 9 heteroatoms. The van der Waals surface area contributed by atoms with Crippen molar-refractivity contribution >= 4 is 45.4 Å². The normalized spacial score (nSPS) is 15.1. The first-order valence-electron chi connectivity index (χ1n) is 6.66. The predicted molar refractivity (Wildman–Crippen MR) is 87.2 cm³/mol. The Labute approximate surface area is 135 Å². The zero-order valence-electron chi connectivity index (χ0n) is 11.6. The lowest BCUT2D eigenvalue weighted by atomic mass is 10.2. The van der Waals surface area contributed by atoms with E-state index in [0.29, 0.717) is 15.8 Å². The molecule has 1 saturated heterocycles. The minimum absolute atomic E-state index is 0.316. The number of halogens is 1. The van der Waals surface area contributed by atoms with Crippen LogP contribution in [0.5, 0.6) is 0 Å². The van der Waals surface area contributed by atoms with E-state index in [-0.39, 0.29) is 0 Å². The number of piperazine rings is 1. The molecular weight excluding hydrogens is 326 g/mol. The van der Waals surface area contributed by atoms with Gasteiger partial charge in [0, 0.05) is 32.2 Å². The summed E-state index contributed by atoms with van der Waals surface area (Å²) in [6.45, 7) is 3.07. The molecule has 0 radical (unpaired) electrons. The van der Waals surface area contributed by atoms with Crippen LogP contribution in [0.3, 0.4) is 0 Å². The van der Waals surface area contributed by atoms with E-state index in [1.807, 2.05) is 6.07 Å². The first kappa shape index (κ1) is 14.9. The molecule has 2 aromatic rings. The average molecular weight is 340 g/mol. The third-order valence-corrected chi connectivity index (χ3v) is 4.82. The number of thiophene rings is 1. The number of carboxylic acid groups (broad SMARTS) is 1. The zero-order valence-corrected chi connectivity index (χ0v) is 13.1. The van der Waals surface area contributed by atoms with Gasteiger partial charge in [0.25, 0.3) is 0 Å². The smallest absolute Gasteiger partial charge is 0.345 e. The van der Waals surface area contributed by atoms with Crippen molar-refractivity contribution in [3.05, 3.63) is 28.2 Å². The van der Waals surface area contributed by atoms with Crippen LogP contribution in [0.4, 0.5) is 16.5 Å². The quantitative estimate of drug-likeness (QED) is 0.880. The second kappa shape index (κ2) is 5.98. The van der Waals surface area contributed by atoms with Gasteiger partial charge in [0.1, 0.15) is 4.88 Å². The standard InChI is InChI=1S/C13H14ClN5O2S/c14-10-7-8(12(15)17-16-10)18-3-5-19(6-4-18)11-2-1-9(22-11)13(20)21/h1-2,7H,3-6H2,(H2,15,17)(H,20,21). The number of hydrogen-bond acceptors (Lipinski definition) is 7. The maximum absolute atomic E-state index is 10.9. The molecule has 7 nitrogen and oxygen atoms in total. The number of anilines is 3. The number of nitrogen functional groups attached to an aromatic ring is 1. The van der Waals surface area contributed by atoms with Crippen molar-refractivity contribution in [2.24, 2.45) is 0 Å². The van der Waals surface area contributed by atoms with Crippen LogP contribution in [0.1, 0.15) is 9.67 Å². The van der Waals surface area contributed by atoms with Gasteiger partial charge in [-0.3, -0.25) is 0 Å². The lowest BCUT2D eigenvalue weighted by Gasteiger charge is -2.36. The van der Waals surface area contributed by atoms with Crippen molar-refractivity contribution in [3.8, 4) is 0 Å². The van der Waals surface area contributed by atoms with Crippen molar-refractivity contribution in [2.75, 3.05) is 41.7 Å². The highest BCUT2D eigenvalue weighted by molar-refractivity contribution is 7.17. The summed E-state index contributed by atoms with van der Waals surface area (Å²) >= 11 is 7.16. The third-order valence-electron chi connectivity index (χ3n) is 3.51. The molecule has 3 rings (SSSR count). The van der Waals surface area contributed by atoms with E-state index >= 15 is 0 Å². The lowest BCUT2D eigenvalue weighted by Crippen LogP contribution is -2.46. The molecule has 1 aliphatic rings. The fourth-order valence-corrected chi connectivity index (χ4v) is 3.44. The Morgan fingerprint density at radius 1 is 1.23 bits per heavy atom. The van der Waals surface area contributed by atoms with Gasteiger partial charge in [-0.05, 0) is 12.1 Å². The van der Waals surface area contributed by atoms with Gasteiger partial charge in [-0.15, -0.1) is 21.5 Å².